The molecule has 4 aromatic rings. The molecule has 0 radical (unpaired) electrons. The van der Waals surface area contributed by atoms with Crippen molar-refractivity contribution in [2.24, 2.45) is 0 Å². The summed E-state index contributed by atoms with van der Waals surface area (Å²) in [6.07, 6.45) is 5.67. The summed E-state index contributed by atoms with van der Waals surface area (Å²) in [5.41, 5.74) is 4.09. The number of hydrogen-bond acceptors (Lipinski definition) is 6. The highest BCUT2D eigenvalue weighted by Gasteiger charge is 2.41. The topological polar surface area (TPSA) is 114 Å². The Hall–Kier alpha value is -3.96. The lowest BCUT2D eigenvalue weighted by atomic mass is 10.0. The molecule has 0 unspecified atom stereocenters. The zero-order valence-electron chi connectivity index (χ0n) is 20.4. The molecule has 0 amide bonds. The maximum Gasteiger partial charge on any atom is 0.303 e. The van der Waals surface area contributed by atoms with Crippen LogP contribution >= 0.6 is 11.6 Å². The summed E-state index contributed by atoms with van der Waals surface area (Å²) in [5, 5.41) is 19.0. The first-order chi connectivity index (χ1) is 17.9. The van der Waals surface area contributed by atoms with E-state index in [1.807, 2.05) is 47.9 Å². The van der Waals surface area contributed by atoms with E-state index in [4.69, 9.17) is 26.4 Å². The molecular weight excluding hydrogens is 490 g/mol. The van der Waals surface area contributed by atoms with E-state index in [0.29, 0.717) is 46.4 Å². The zero-order chi connectivity index (χ0) is 26.0. The minimum absolute atomic E-state index is 0.157. The van der Waals surface area contributed by atoms with Gasteiger partial charge in [0.2, 0.25) is 5.88 Å². The number of benzene rings is 2. The highest BCUT2D eigenvalue weighted by Crippen LogP contribution is 2.41. The first kappa shape index (κ1) is 24.7. The Morgan fingerprint density at radius 2 is 2.03 bits per heavy atom. The maximum absolute atomic E-state index is 10.8. The van der Waals surface area contributed by atoms with Crippen LogP contribution in [-0.2, 0) is 17.8 Å². The summed E-state index contributed by atoms with van der Waals surface area (Å²) in [7, 11) is 0. The van der Waals surface area contributed by atoms with Gasteiger partial charge in [-0.3, -0.25) is 4.79 Å². The summed E-state index contributed by atoms with van der Waals surface area (Å²) >= 11 is 6.78. The van der Waals surface area contributed by atoms with Crippen LogP contribution in [0.25, 0.3) is 22.6 Å². The van der Waals surface area contributed by atoms with Crippen LogP contribution < -0.4 is 4.74 Å². The van der Waals surface area contributed by atoms with Crippen molar-refractivity contribution in [2.75, 3.05) is 0 Å². The number of nitrogens with zero attached hydrogens (tertiary/aromatic N) is 5. The van der Waals surface area contributed by atoms with Gasteiger partial charge in [-0.25, -0.2) is 9.97 Å². The van der Waals surface area contributed by atoms with Crippen molar-refractivity contribution in [3.05, 3.63) is 70.5 Å². The Bertz CT molecular complexity index is 1520. The highest BCUT2D eigenvalue weighted by molar-refractivity contribution is 6.33. The summed E-state index contributed by atoms with van der Waals surface area (Å²) in [4.78, 5) is 24.6. The molecule has 9 heteroatoms. The number of aryl methyl sites for hydroxylation is 1. The van der Waals surface area contributed by atoms with Gasteiger partial charge < -0.3 is 14.4 Å². The van der Waals surface area contributed by atoms with Gasteiger partial charge in [-0.15, -0.1) is 0 Å². The van der Waals surface area contributed by atoms with E-state index < -0.39 is 5.97 Å². The van der Waals surface area contributed by atoms with Crippen molar-refractivity contribution < 1.29 is 14.6 Å². The van der Waals surface area contributed by atoms with Gasteiger partial charge >= 0.3 is 5.97 Å². The van der Waals surface area contributed by atoms with Crippen molar-refractivity contribution in [3.8, 4) is 23.3 Å². The fraction of sp³-hybridized carbons (Fsp3) is 0.321. The first-order valence-electron chi connectivity index (χ1n) is 12.3. The maximum atomic E-state index is 10.8. The summed E-state index contributed by atoms with van der Waals surface area (Å²) in [5.74, 6) is 0.258. The van der Waals surface area contributed by atoms with Crippen LogP contribution in [-0.4, -0.2) is 36.2 Å². The summed E-state index contributed by atoms with van der Waals surface area (Å²) in [6, 6.07) is 15.5. The second kappa shape index (κ2) is 10.2. The predicted octanol–water partition coefficient (Wildman–Crippen LogP) is 5.80. The molecule has 0 spiro atoms. The molecule has 0 aliphatic heterocycles. The molecule has 1 aliphatic rings. The van der Waals surface area contributed by atoms with E-state index in [0.717, 1.165) is 42.4 Å². The zero-order valence-corrected chi connectivity index (χ0v) is 21.2. The number of carboxylic acid groups (broad SMARTS) is 1. The number of imidazole rings is 1. The number of ether oxygens (including phenoxy) is 1. The third-order valence-corrected chi connectivity index (χ3v) is 6.96. The summed E-state index contributed by atoms with van der Waals surface area (Å²) in [6.45, 7) is 2.42. The Morgan fingerprint density at radius 3 is 2.76 bits per heavy atom. The number of aromatic nitrogens is 4. The molecule has 37 heavy (non-hydrogen) atoms. The lowest BCUT2D eigenvalue weighted by Crippen LogP contribution is -2.13. The summed E-state index contributed by atoms with van der Waals surface area (Å²) < 4.78 is 8.14. The van der Waals surface area contributed by atoms with Gasteiger partial charge in [0.05, 0.1) is 23.2 Å². The standard InChI is InChI=1S/C28H26ClN5O3/c1-28(12-13-28)37-27-24-26(31-17-32-27)34(16-20-8-4-3-7-19(20)15-30)25(33-24)21-11-10-18(14-22(21)29)6-2-5-9-23(35)36/h3-4,7-8,10-11,14,17H,2,5-6,9,12-13,16H2,1H3,(H,35,36). The molecule has 188 valence electrons. The molecule has 0 saturated heterocycles. The molecule has 2 aromatic carbocycles. The molecule has 2 aromatic heterocycles. The molecule has 0 bridgehead atoms. The van der Waals surface area contributed by atoms with E-state index in [2.05, 4.69) is 16.0 Å². The fourth-order valence-electron chi connectivity index (χ4n) is 4.30. The minimum atomic E-state index is -0.785. The van der Waals surface area contributed by atoms with Gasteiger partial charge in [-0.2, -0.15) is 10.2 Å². The van der Waals surface area contributed by atoms with Crippen LogP contribution in [0.1, 0.15) is 55.7 Å². The molecule has 8 nitrogen and oxygen atoms in total. The van der Waals surface area contributed by atoms with Crippen molar-refractivity contribution in [1.82, 2.24) is 19.5 Å². The largest absolute Gasteiger partial charge is 0.481 e. The van der Waals surface area contributed by atoms with E-state index in [9.17, 15) is 10.1 Å². The third-order valence-electron chi connectivity index (χ3n) is 6.64. The normalized spacial score (nSPS) is 13.9. The van der Waals surface area contributed by atoms with Crippen molar-refractivity contribution >= 4 is 28.7 Å². The quantitative estimate of drug-likeness (QED) is 0.265. The van der Waals surface area contributed by atoms with Gasteiger partial charge in [-0.1, -0.05) is 35.9 Å². The average Bonchev–Trinajstić information content (AvgIpc) is 3.50. The molecule has 1 fully saturated rings. The second-order valence-electron chi connectivity index (χ2n) is 9.61. The van der Waals surface area contributed by atoms with Gasteiger partial charge in [0.25, 0.3) is 0 Å². The van der Waals surface area contributed by atoms with Gasteiger partial charge in [0.15, 0.2) is 11.2 Å². The Labute approximate surface area is 219 Å². The number of halogens is 1. The van der Waals surface area contributed by atoms with Gasteiger partial charge in [0.1, 0.15) is 17.8 Å². The predicted molar refractivity (Wildman–Crippen MR) is 139 cm³/mol. The Kier molecular flexibility index (Phi) is 6.81. The minimum Gasteiger partial charge on any atom is -0.481 e. The van der Waals surface area contributed by atoms with Crippen LogP contribution in [0, 0.1) is 11.3 Å². The number of hydrogen-bond donors (Lipinski definition) is 1. The molecule has 0 atom stereocenters. The van der Waals surface area contributed by atoms with Crippen molar-refractivity contribution in [2.45, 2.75) is 57.6 Å². The number of carbonyl (C=O) groups is 1. The molecule has 2 heterocycles. The van der Waals surface area contributed by atoms with E-state index in [1.165, 1.54) is 6.33 Å². The number of aliphatic carboxylic acids is 1. The van der Waals surface area contributed by atoms with Crippen molar-refractivity contribution in [3.63, 3.8) is 0 Å². The Balaban J connectivity index is 1.56. The first-order valence-corrected chi connectivity index (χ1v) is 12.6. The molecular formula is C28H26ClN5O3. The van der Waals surface area contributed by atoms with Gasteiger partial charge in [0, 0.05) is 12.0 Å². The molecule has 5 rings (SSSR count). The van der Waals surface area contributed by atoms with Crippen molar-refractivity contribution in [1.29, 1.82) is 5.26 Å². The number of unbranched alkanes of at least 4 members (excludes halogenated alkanes) is 1. The van der Waals surface area contributed by atoms with Crippen LogP contribution in [0.5, 0.6) is 5.88 Å². The number of rotatable bonds is 10. The van der Waals surface area contributed by atoms with Crippen LogP contribution in [0.15, 0.2) is 48.8 Å². The van der Waals surface area contributed by atoms with E-state index in [1.54, 1.807) is 6.07 Å². The third kappa shape index (κ3) is 5.42. The van der Waals surface area contributed by atoms with Crippen LogP contribution in [0.4, 0.5) is 0 Å². The molecule has 1 N–H and O–H groups in total. The monoisotopic (exact) mass is 515 g/mol. The van der Waals surface area contributed by atoms with Gasteiger partial charge in [-0.05, 0) is 68.4 Å². The molecule has 1 saturated carbocycles. The fourth-order valence-corrected chi connectivity index (χ4v) is 4.58. The van der Waals surface area contributed by atoms with E-state index in [-0.39, 0.29) is 12.0 Å². The smallest absolute Gasteiger partial charge is 0.303 e. The van der Waals surface area contributed by atoms with Crippen LogP contribution in [0.2, 0.25) is 5.02 Å². The second-order valence-corrected chi connectivity index (χ2v) is 10.0. The number of carboxylic acids is 1. The number of nitriles is 1. The van der Waals surface area contributed by atoms with E-state index >= 15 is 0 Å². The van der Waals surface area contributed by atoms with Crippen LogP contribution in [0.3, 0.4) is 0 Å². The molecule has 1 aliphatic carbocycles. The lowest BCUT2D eigenvalue weighted by molar-refractivity contribution is -0.137. The lowest BCUT2D eigenvalue weighted by Gasteiger charge is -2.13. The number of fused-ring (bicyclic) bond motifs is 1. The SMILES string of the molecule is CC1(Oc2ncnc3c2nc(-c2ccc(CCCCC(=O)O)cc2Cl)n3Cc2ccccc2C#N)CC1. The average molecular weight is 516 g/mol. The highest BCUT2D eigenvalue weighted by atomic mass is 35.5. The Morgan fingerprint density at radius 1 is 1.22 bits per heavy atom.